The number of rotatable bonds is 6. The minimum Gasteiger partial charge on any atom is -0.550 e. The fraction of sp³-hybridized carbons (Fsp3) is 0.385. The van der Waals surface area contributed by atoms with E-state index < -0.39 is 11.9 Å². The van der Waals surface area contributed by atoms with Crippen LogP contribution in [0.5, 0.6) is 0 Å². The number of aliphatic carboxylic acids is 1. The summed E-state index contributed by atoms with van der Waals surface area (Å²) in [6, 6.07) is 4.73. The third-order valence-electron chi connectivity index (χ3n) is 2.75. The second-order valence-corrected chi connectivity index (χ2v) is 4.98. The number of carbonyl (C=O) groups excluding carboxylic acids is 2. The molecule has 1 N–H and O–H groups in total. The molecule has 0 aliphatic carbocycles. The Morgan fingerprint density at radius 2 is 2.05 bits per heavy atom. The van der Waals surface area contributed by atoms with Gasteiger partial charge in [-0.15, -0.1) is 0 Å². The highest BCUT2D eigenvalue weighted by Gasteiger charge is 2.11. The zero-order chi connectivity index (χ0) is 14.4. The number of carboxylic acid groups (broad SMARTS) is 1. The maximum Gasteiger partial charge on any atom is 0.224 e. The van der Waals surface area contributed by atoms with Crippen LogP contribution in [0.15, 0.2) is 18.2 Å². The van der Waals surface area contributed by atoms with Crippen molar-refractivity contribution >= 4 is 40.8 Å². The maximum absolute atomic E-state index is 11.7. The highest BCUT2D eigenvalue weighted by atomic mass is 35.5. The first kappa shape index (κ1) is 15.8. The van der Waals surface area contributed by atoms with Crippen LogP contribution in [0.4, 0.5) is 5.69 Å². The normalized spacial score (nSPS) is 11.9. The number of anilines is 1. The number of carboxylic acids is 1. The molecule has 0 heterocycles. The van der Waals surface area contributed by atoms with E-state index in [4.69, 9.17) is 23.2 Å². The minimum atomic E-state index is -1.13. The second kappa shape index (κ2) is 7.36. The molecule has 104 valence electrons. The molecule has 0 aromatic heterocycles. The van der Waals surface area contributed by atoms with Crippen molar-refractivity contribution in [1.29, 1.82) is 0 Å². The van der Waals surface area contributed by atoms with E-state index in [1.165, 1.54) is 6.07 Å². The lowest BCUT2D eigenvalue weighted by Gasteiger charge is -2.15. The Labute approximate surface area is 121 Å². The van der Waals surface area contributed by atoms with E-state index >= 15 is 0 Å². The van der Waals surface area contributed by atoms with Crippen LogP contribution in [-0.4, -0.2) is 11.9 Å². The summed E-state index contributed by atoms with van der Waals surface area (Å²) in [5.41, 5.74) is 0.456. The SMILES string of the molecule is CC[C@H](CCC(=O)Nc1ccc(Cl)cc1Cl)C(=O)[O-]. The number of hydrogen-bond acceptors (Lipinski definition) is 3. The Morgan fingerprint density at radius 1 is 1.37 bits per heavy atom. The first-order valence-electron chi connectivity index (χ1n) is 5.89. The molecular formula is C13H14Cl2NO3-. The maximum atomic E-state index is 11.7. The van der Waals surface area contributed by atoms with E-state index in [-0.39, 0.29) is 18.7 Å². The van der Waals surface area contributed by atoms with Gasteiger partial charge < -0.3 is 15.2 Å². The molecule has 1 rings (SSSR count). The van der Waals surface area contributed by atoms with Crippen LogP contribution in [0.1, 0.15) is 26.2 Å². The van der Waals surface area contributed by atoms with E-state index in [1.807, 2.05) is 0 Å². The Bertz CT molecular complexity index is 477. The Kier molecular flexibility index (Phi) is 6.12. The van der Waals surface area contributed by atoms with Crippen LogP contribution in [-0.2, 0) is 9.59 Å². The molecule has 0 spiro atoms. The average molecular weight is 303 g/mol. The Balaban J connectivity index is 2.53. The van der Waals surface area contributed by atoms with Crippen LogP contribution in [0.2, 0.25) is 10.0 Å². The van der Waals surface area contributed by atoms with Crippen molar-refractivity contribution in [3.63, 3.8) is 0 Å². The van der Waals surface area contributed by atoms with Gasteiger partial charge in [0.15, 0.2) is 0 Å². The van der Waals surface area contributed by atoms with Gasteiger partial charge in [-0.25, -0.2) is 0 Å². The molecule has 0 unspecified atom stereocenters. The highest BCUT2D eigenvalue weighted by Crippen LogP contribution is 2.25. The summed E-state index contributed by atoms with van der Waals surface area (Å²) in [7, 11) is 0. The summed E-state index contributed by atoms with van der Waals surface area (Å²) >= 11 is 11.7. The summed E-state index contributed by atoms with van der Waals surface area (Å²) in [6.07, 6.45) is 0.790. The molecule has 1 aromatic carbocycles. The molecule has 0 bridgehead atoms. The summed E-state index contributed by atoms with van der Waals surface area (Å²) < 4.78 is 0. The standard InChI is InChI=1S/C13H15Cl2NO3/c1-2-8(13(18)19)3-6-12(17)16-11-5-4-9(14)7-10(11)15/h4-5,7-8H,2-3,6H2,1H3,(H,16,17)(H,18,19)/p-1/t8-/m1/s1. The quantitative estimate of drug-likeness (QED) is 0.877. The van der Waals surface area contributed by atoms with Crippen molar-refractivity contribution in [2.75, 3.05) is 5.32 Å². The van der Waals surface area contributed by atoms with Crippen LogP contribution in [0.25, 0.3) is 0 Å². The highest BCUT2D eigenvalue weighted by molar-refractivity contribution is 6.36. The lowest BCUT2D eigenvalue weighted by Crippen LogP contribution is -2.31. The van der Waals surface area contributed by atoms with Crippen LogP contribution in [0, 0.1) is 5.92 Å². The molecule has 0 fully saturated rings. The second-order valence-electron chi connectivity index (χ2n) is 4.14. The predicted molar refractivity (Wildman–Crippen MR) is 73.1 cm³/mol. The topological polar surface area (TPSA) is 69.2 Å². The average Bonchev–Trinajstić information content (AvgIpc) is 2.33. The lowest BCUT2D eigenvalue weighted by atomic mass is 10.0. The molecule has 0 saturated carbocycles. The first-order valence-corrected chi connectivity index (χ1v) is 6.65. The van der Waals surface area contributed by atoms with Gasteiger partial charge in [-0.3, -0.25) is 4.79 Å². The monoisotopic (exact) mass is 302 g/mol. The van der Waals surface area contributed by atoms with Gasteiger partial charge in [0, 0.05) is 17.4 Å². The van der Waals surface area contributed by atoms with Gasteiger partial charge in [0.2, 0.25) is 5.91 Å². The fourth-order valence-electron chi connectivity index (χ4n) is 1.60. The summed E-state index contributed by atoms with van der Waals surface area (Å²) in [6.45, 7) is 1.74. The third kappa shape index (κ3) is 5.09. The first-order chi connectivity index (χ1) is 8.93. The van der Waals surface area contributed by atoms with E-state index in [0.717, 1.165) is 0 Å². The number of carbonyl (C=O) groups is 2. The zero-order valence-corrected chi connectivity index (χ0v) is 11.9. The van der Waals surface area contributed by atoms with E-state index in [0.29, 0.717) is 22.2 Å². The van der Waals surface area contributed by atoms with E-state index in [1.54, 1.807) is 19.1 Å². The molecule has 19 heavy (non-hydrogen) atoms. The molecule has 0 radical (unpaired) electrons. The molecular weight excluding hydrogens is 289 g/mol. The number of benzene rings is 1. The minimum absolute atomic E-state index is 0.103. The van der Waals surface area contributed by atoms with Gasteiger partial charge >= 0.3 is 0 Å². The smallest absolute Gasteiger partial charge is 0.224 e. The van der Waals surface area contributed by atoms with E-state index in [9.17, 15) is 14.7 Å². The number of nitrogens with one attached hydrogen (secondary N) is 1. The van der Waals surface area contributed by atoms with Gasteiger partial charge in [0.25, 0.3) is 0 Å². The van der Waals surface area contributed by atoms with Gasteiger partial charge in [-0.1, -0.05) is 30.1 Å². The van der Waals surface area contributed by atoms with Crippen molar-refractivity contribution in [1.82, 2.24) is 0 Å². The molecule has 1 atom stereocenters. The van der Waals surface area contributed by atoms with Gasteiger partial charge in [0.05, 0.1) is 10.7 Å². The molecule has 1 aromatic rings. The van der Waals surface area contributed by atoms with E-state index in [2.05, 4.69) is 5.32 Å². The molecule has 4 nitrogen and oxygen atoms in total. The van der Waals surface area contributed by atoms with Crippen molar-refractivity contribution in [3.05, 3.63) is 28.2 Å². The van der Waals surface area contributed by atoms with Crippen LogP contribution >= 0.6 is 23.2 Å². The van der Waals surface area contributed by atoms with Gasteiger partial charge in [0.1, 0.15) is 0 Å². The van der Waals surface area contributed by atoms with Gasteiger partial charge in [-0.05, 0) is 37.0 Å². The van der Waals surface area contributed by atoms with Crippen molar-refractivity contribution in [3.8, 4) is 0 Å². The Hall–Kier alpha value is -1.26. The third-order valence-corrected chi connectivity index (χ3v) is 3.30. The van der Waals surface area contributed by atoms with Crippen molar-refractivity contribution in [2.45, 2.75) is 26.2 Å². The number of amides is 1. The summed E-state index contributed by atoms with van der Waals surface area (Å²) in [5.74, 6) is -2.02. The van der Waals surface area contributed by atoms with Crippen molar-refractivity contribution in [2.24, 2.45) is 5.92 Å². The Morgan fingerprint density at radius 3 is 2.58 bits per heavy atom. The molecule has 0 saturated heterocycles. The molecule has 6 heteroatoms. The predicted octanol–water partition coefficient (Wildman–Crippen LogP) is 2.49. The fourth-order valence-corrected chi connectivity index (χ4v) is 2.05. The van der Waals surface area contributed by atoms with Crippen LogP contribution in [0.3, 0.4) is 0 Å². The summed E-state index contributed by atoms with van der Waals surface area (Å²) in [5, 5.41) is 14.1. The zero-order valence-electron chi connectivity index (χ0n) is 10.4. The molecule has 1 amide bonds. The number of hydrogen-bond donors (Lipinski definition) is 1. The summed E-state index contributed by atoms with van der Waals surface area (Å²) in [4.78, 5) is 22.4. The number of halogens is 2. The molecule has 0 aliphatic heterocycles. The largest absolute Gasteiger partial charge is 0.550 e. The van der Waals surface area contributed by atoms with Gasteiger partial charge in [-0.2, -0.15) is 0 Å². The molecule has 0 aliphatic rings. The van der Waals surface area contributed by atoms with Crippen molar-refractivity contribution < 1.29 is 14.7 Å². The van der Waals surface area contributed by atoms with Crippen LogP contribution < -0.4 is 10.4 Å². The lowest BCUT2D eigenvalue weighted by molar-refractivity contribution is -0.311.